The first kappa shape index (κ1) is 22.9. The van der Waals surface area contributed by atoms with Crippen molar-refractivity contribution in [2.75, 3.05) is 33.2 Å². The zero-order chi connectivity index (χ0) is 23.4. The van der Waals surface area contributed by atoms with E-state index in [2.05, 4.69) is 52.5 Å². The van der Waals surface area contributed by atoms with Gasteiger partial charge in [-0.05, 0) is 35.7 Å². The highest BCUT2D eigenvalue weighted by molar-refractivity contribution is 5.91. The Morgan fingerprint density at radius 3 is 2.15 bits per heavy atom. The van der Waals surface area contributed by atoms with Gasteiger partial charge in [-0.3, -0.25) is 9.69 Å². The van der Waals surface area contributed by atoms with E-state index < -0.39 is 23.4 Å². The average Bonchev–Trinajstić information content (AvgIpc) is 3.53. The lowest BCUT2D eigenvalue weighted by Crippen LogP contribution is -2.48. The molecule has 4 rings (SSSR count). The van der Waals surface area contributed by atoms with E-state index in [-0.39, 0.29) is 0 Å². The van der Waals surface area contributed by atoms with Crippen LogP contribution >= 0.6 is 0 Å². The van der Waals surface area contributed by atoms with Crippen molar-refractivity contribution in [1.82, 2.24) is 15.1 Å². The van der Waals surface area contributed by atoms with Gasteiger partial charge in [-0.15, -0.1) is 0 Å². The number of hydrogen-bond donors (Lipinski definition) is 2. The normalized spacial score (nSPS) is 23.8. The third-order valence-corrected chi connectivity index (χ3v) is 6.73. The standard InChI is InChI=1S/C26H30N6O/c1-31-10-12-32(13-11-31)18-20-4-8-22(9-5-20)21-6-2-19(3-7-21)14-24(17-28)30-25(33)26(29)15-23(26)16-27/h2-9,23-24H,10-15,18,29H2,1H3,(H,30,33)/t23?,24?,26-/m0/s1. The van der Waals surface area contributed by atoms with E-state index in [1.807, 2.05) is 30.3 Å². The van der Waals surface area contributed by atoms with Crippen LogP contribution in [0.3, 0.4) is 0 Å². The highest BCUT2D eigenvalue weighted by Crippen LogP contribution is 2.40. The van der Waals surface area contributed by atoms with E-state index in [0.717, 1.165) is 49.4 Å². The number of amides is 1. The zero-order valence-electron chi connectivity index (χ0n) is 19.0. The Balaban J connectivity index is 1.32. The molecule has 2 fully saturated rings. The second-order valence-corrected chi connectivity index (χ2v) is 9.26. The fraction of sp³-hybridized carbons (Fsp3) is 0.423. The molecule has 33 heavy (non-hydrogen) atoms. The molecule has 7 nitrogen and oxygen atoms in total. The Morgan fingerprint density at radius 1 is 1.06 bits per heavy atom. The van der Waals surface area contributed by atoms with Crippen LogP contribution < -0.4 is 11.1 Å². The summed E-state index contributed by atoms with van der Waals surface area (Å²) in [5, 5.41) is 21.1. The van der Waals surface area contributed by atoms with Crippen LogP contribution in [0.25, 0.3) is 11.1 Å². The summed E-state index contributed by atoms with van der Waals surface area (Å²) in [5.74, 6) is -0.891. The second kappa shape index (κ2) is 9.72. The molecular weight excluding hydrogens is 412 g/mol. The van der Waals surface area contributed by atoms with E-state index in [9.17, 15) is 10.1 Å². The fourth-order valence-electron chi connectivity index (χ4n) is 4.25. The first-order valence-electron chi connectivity index (χ1n) is 11.4. The van der Waals surface area contributed by atoms with Crippen molar-refractivity contribution in [1.29, 1.82) is 10.5 Å². The lowest BCUT2D eigenvalue weighted by atomic mass is 10.00. The van der Waals surface area contributed by atoms with Gasteiger partial charge in [0.15, 0.2) is 0 Å². The van der Waals surface area contributed by atoms with E-state index in [0.29, 0.717) is 12.8 Å². The van der Waals surface area contributed by atoms with Crippen LogP contribution in [0, 0.1) is 28.6 Å². The maximum Gasteiger partial charge on any atom is 0.242 e. The Bertz CT molecular complexity index is 1060. The molecule has 2 aromatic carbocycles. The Labute approximate surface area is 195 Å². The number of likely N-dealkylation sites (N-methyl/N-ethyl adjacent to an activating group) is 1. The highest BCUT2D eigenvalue weighted by Gasteiger charge is 2.58. The lowest BCUT2D eigenvalue weighted by molar-refractivity contribution is -0.123. The summed E-state index contributed by atoms with van der Waals surface area (Å²) in [6.45, 7) is 5.43. The van der Waals surface area contributed by atoms with E-state index >= 15 is 0 Å². The molecule has 1 aliphatic heterocycles. The summed E-state index contributed by atoms with van der Waals surface area (Å²) < 4.78 is 0. The summed E-state index contributed by atoms with van der Waals surface area (Å²) in [4.78, 5) is 17.2. The van der Waals surface area contributed by atoms with Gasteiger partial charge in [-0.2, -0.15) is 10.5 Å². The largest absolute Gasteiger partial charge is 0.338 e. The number of nitrogens with one attached hydrogen (secondary N) is 1. The Morgan fingerprint density at radius 2 is 1.64 bits per heavy atom. The predicted molar refractivity (Wildman–Crippen MR) is 127 cm³/mol. The molecule has 2 aromatic rings. The topological polar surface area (TPSA) is 109 Å². The van der Waals surface area contributed by atoms with Crippen molar-refractivity contribution in [3.63, 3.8) is 0 Å². The fourth-order valence-corrected chi connectivity index (χ4v) is 4.25. The first-order valence-corrected chi connectivity index (χ1v) is 11.4. The number of rotatable bonds is 7. The summed E-state index contributed by atoms with van der Waals surface area (Å²) in [5.41, 5.74) is 9.33. The van der Waals surface area contributed by atoms with Gasteiger partial charge in [0.25, 0.3) is 0 Å². The summed E-state index contributed by atoms with van der Waals surface area (Å²) in [6, 6.07) is 20.2. The van der Waals surface area contributed by atoms with Crippen LogP contribution in [0.1, 0.15) is 17.5 Å². The van der Waals surface area contributed by atoms with Gasteiger partial charge in [0, 0.05) is 39.1 Å². The molecule has 0 aromatic heterocycles. The zero-order valence-corrected chi connectivity index (χ0v) is 19.0. The van der Waals surface area contributed by atoms with Crippen molar-refractivity contribution >= 4 is 5.91 Å². The molecule has 170 valence electrons. The molecule has 0 spiro atoms. The van der Waals surface area contributed by atoms with Crippen LogP contribution in [0.2, 0.25) is 0 Å². The van der Waals surface area contributed by atoms with E-state index in [1.54, 1.807) is 0 Å². The maximum atomic E-state index is 12.3. The average molecular weight is 443 g/mol. The van der Waals surface area contributed by atoms with Crippen molar-refractivity contribution < 1.29 is 4.79 Å². The van der Waals surface area contributed by atoms with Crippen molar-refractivity contribution in [2.45, 2.75) is 31.0 Å². The van der Waals surface area contributed by atoms with Crippen molar-refractivity contribution in [2.24, 2.45) is 11.7 Å². The highest BCUT2D eigenvalue weighted by atomic mass is 16.2. The van der Waals surface area contributed by atoms with Crippen molar-refractivity contribution in [3.8, 4) is 23.3 Å². The van der Waals surface area contributed by atoms with Crippen LogP contribution in [-0.4, -0.2) is 60.5 Å². The third-order valence-electron chi connectivity index (χ3n) is 6.73. The summed E-state index contributed by atoms with van der Waals surface area (Å²) in [6.07, 6.45) is 0.732. The number of benzene rings is 2. The van der Waals surface area contributed by atoms with Crippen molar-refractivity contribution in [3.05, 3.63) is 59.7 Å². The molecular formula is C26H30N6O. The van der Waals surface area contributed by atoms with Gasteiger partial charge in [0.05, 0.1) is 18.1 Å². The minimum absolute atomic E-state index is 0.344. The van der Waals surface area contributed by atoms with Gasteiger partial charge in [0.1, 0.15) is 11.6 Å². The van der Waals surface area contributed by atoms with Crippen LogP contribution in [-0.2, 0) is 17.8 Å². The maximum absolute atomic E-state index is 12.3. The van der Waals surface area contributed by atoms with Gasteiger partial charge in [0.2, 0.25) is 5.91 Å². The van der Waals surface area contributed by atoms with E-state index in [4.69, 9.17) is 11.0 Å². The van der Waals surface area contributed by atoms with E-state index in [1.165, 1.54) is 5.56 Å². The molecule has 1 heterocycles. The molecule has 3 atom stereocenters. The predicted octanol–water partition coefficient (Wildman–Crippen LogP) is 1.89. The summed E-state index contributed by atoms with van der Waals surface area (Å²) in [7, 11) is 2.17. The number of nitrogens with zero attached hydrogens (tertiary/aromatic N) is 4. The number of nitrogens with two attached hydrogens (primary N) is 1. The first-order chi connectivity index (χ1) is 15.9. The molecule has 1 saturated heterocycles. The second-order valence-electron chi connectivity index (χ2n) is 9.26. The number of piperazine rings is 1. The monoisotopic (exact) mass is 442 g/mol. The Kier molecular flexibility index (Phi) is 6.76. The SMILES string of the molecule is CN1CCN(Cc2ccc(-c3ccc(CC(C#N)NC(=O)[C@]4(N)CC4C#N)cc3)cc2)CC1. The quantitative estimate of drug-likeness (QED) is 0.678. The molecule has 1 saturated carbocycles. The van der Waals surface area contributed by atoms with Crippen LogP contribution in [0.15, 0.2) is 48.5 Å². The molecule has 1 aliphatic carbocycles. The molecule has 2 unspecified atom stereocenters. The minimum Gasteiger partial charge on any atom is -0.338 e. The molecule has 3 N–H and O–H groups in total. The molecule has 1 amide bonds. The summed E-state index contributed by atoms with van der Waals surface area (Å²) >= 11 is 0. The van der Waals surface area contributed by atoms with Gasteiger partial charge in [-0.1, -0.05) is 48.5 Å². The number of carbonyl (C=O) groups excluding carboxylic acids is 1. The molecule has 7 heteroatoms. The molecule has 0 radical (unpaired) electrons. The van der Waals surface area contributed by atoms with Gasteiger partial charge in [-0.25, -0.2) is 0 Å². The number of nitriles is 2. The van der Waals surface area contributed by atoms with Gasteiger partial charge < -0.3 is 16.0 Å². The number of carbonyl (C=O) groups is 1. The third kappa shape index (κ3) is 5.40. The van der Waals surface area contributed by atoms with Gasteiger partial charge >= 0.3 is 0 Å². The molecule has 0 bridgehead atoms. The Hall–Kier alpha value is -3.23. The smallest absolute Gasteiger partial charge is 0.242 e. The minimum atomic E-state index is -1.15. The lowest BCUT2D eigenvalue weighted by Gasteiger charge is -2.32. The van der Waals surface area contributed by atoms with Crippen LogP contribution in [0.5, 0.6) is 0 Å². The number of hydrogen-bond acceptors (Lipinski definition) is 6. The molecule has 2 aliphatic rings. The van der Waals surface area contributed by atoms with Crippen LogP contribution in [0.4, 0.5) is 0 Å².